The fraction of sp³-hybridized carbons (Fsp3) is 0.400. The second-order valence-electron chi connectivity index (χ2n) is 6.72. The number of β-amino-alcohol motifs (C(OH)–C–C–N with tert-alkyl or cyclic N) is 1. The first-order valence-electron chi connectivity index (χ1n) is 9.11. The van der Waals surface area contributed by atoms with Crippen LogP contribution in [0.15, 0.2) is 42.5 Å². The van der Waals surface area contributed by atoms with Gasteiger partial charge in [-0.2, -0.15) is 0 Å². The van der Waals surface area contributed by atoms with Crippen LogP contribution in [-0.4, -0.2) is 62.2 Å². The Labute approximate surface area is 157 Å². The molecule has 144 valence electrons. The number of aliphatic hydroxyl groups excluding tert-OH is 1. The number of hydrogen-bond donors (Lipinski definition) is 1. The van der Waals surface area contributed by atoms with Gasteiger partial charge in [-0.3, -0.25) is 4.90 Å². The highest BCUT2D eigenvalue weighted by Crippen LogP contribution is 2.35. The van der Waals surface area contributed by atoms with Crippen LogP contribution in [0.3, 0.4) is 0 Å². The SMILES string of the molecule is OC(COc1ccc2c(c1)OCO2)CN1CCN(c2ccccc2F)CC1. The largest absolute Gasteiger partial charge is 0.491 e. The summed E-state index contributed by atoms with van der Waals surface area (Å²) in [4.78, 5) is 4.21. The summed E-state index contributed by atoms with van der Waals surface area (Å²) in [5, 5.41) is 10.3. The van der Waals surface area contributed by atoms with Crippen molar-refractivity contribution < 1.29 is 23.7 Å². The van der Waals surface area contributed by atoms with Crippen molar-refractivity contribution >= 4 is 5.69 Å². The molecule has 0 amide bonds. The average molecular weight is 374 g/mol. The molecule has 1 saturated heterocycles. The van der Waals surface area contributed by atoms with Crippen LogP contribution in [0.4, 0.5) is 10.1 Å². The molecule has 1 atom stereocenters. The van der Waals surface area contributed by atoms with Crippen molar-refractivity contribution in [3.05, 3.63) is 48.3 Å². The Morgan fingerprint density at radius 2 is 1.81 bits per heavy atom. The molecule has 7 heteroatoms. The maximum absolute atomic E-state index is 13.9. The minimum Gasteiger partial charge on any atom is -0.491 e. The van der Waals surface area contributed by atoms with Crippen LogP contribution in [0.25, 0.3) is 0 Å². The summed E-state index contributed by atoms with van der Waals surface area (Å²) in [6.45, 7) is 3.96. The highest BCUT2D eigenvalue weighted by molar-refractivity contribution is 5.48. The maximum atomic E-state index is 13.9. The van der Waals surface area contributed by atoms with E-state index in [0.29, 0.717) is 29.5 Å². The number of hydrogen-bond acceptors (Lipinski definition) is 6. The Balaban J connectivity index is 1.22. The van der Waals surface area contributed by atoms with Crippen LogP contribution < -0.4 is 19.1 Å². The summed E-state index contributed by atoms with van der Waals surface area (Å²) < 4.78 is 30.2. The zero-order valence-corrected chi connectivity index (χ0v) is 15.0. The molecule has 0 spiro atoms. The summed E-state index contributed by atoms with van der Waals surface area (Å²) in [5.74, 6) is 1.81. The van der Waals surface area contributed by atoms with E-state index < -0.39 is 6.10 Å². The van der Waals surface area contributed by atoms with Crippen LogP contribution in [0.2, 0.25) is 0 Å². The van der Waals surface area contributed by atoms with Crippen molar-refractivity contribution in [3.63, 3.8) is 0 Å². The summed E-state index contributed by atoms with van der Waals surface area (Å²) in [5.41, 5.74) is 0.642. The smallest absolute Gasteiger partial charge is 0.231 e. The van der Waals surface area contributed by atoms with Gasteiger partial charge in [0.25, 0.3) is 0 Å². The third-order valence-corrected chi connectivity index (χ3v) is 4.82. The number of rotatable bonds is 6. The normalized spacial score (nSPS) is 17.8. The molecule has 1 N–H and O–H groups in total. The van der Waals surface area contributed by atoms with Gasteiger partial charge >= 0.3 is 0 Å². The third kappa shape index (κ3) is 4.26. The van der Waals surface area contributed by atoms with Crippen molar-refractivity contribution in [2.75, 3.05) is 51.0 Å². The van der Waals surface area contributed by atoms with Gasteiger partial charge in [0, 0.05) is 38.8 Å². The Hall–Kier alpha value is -2.51. The summed E-state index contributed by atoms with van der Waals surface area (Å²) >= 11 is 0. The number of nitrogens with zero attached hydrogens (tertiary/aromatic N) is 2. The second-order valence-corrected chi connectivity index (χ2v) is 6.72. The van der Waals surface area contributed by atoms with Gasteiger partial charge < -0.3 is 24.2 Å². The minimum absolute atomic E-state index is 0.192. The van der Waals surface area contributed by atoms with E-state index in [1.165, 1.54) is 6.07 Å². The lowest BCUT2D eigenvalue weighted by Gasteiger charge is -2.36. The Morgan fingerprint density at radius 3 is 2.63 bits per heavy atom. The molecule has 0 radical (unpaired) electrons. The number of aliphatic hydroxyl groups is 1. The quantitative estimate of drug-likeness (QED) is 0.836. The molecule has 0 aromatic heterocycles. The van der Waals surface area contributed by atoms with E-state index in [2.05, 4.69) is 4.90 Å². The van der Waals surface area contributed by atoms with Crippen molar-refractivity contribution in [3.8, 4) is 17.2 Å². The Bertz CT molecular complexity index is 780. The molecule has 1 fully saturated rings. The molecule has 0 saturated carbocycles. The fourth-order valence-electron chi connectivity index (χ4n) is 3.39. The first-order chi connectivity index (χ1) is 13.2. The van der Waals surface area contributed by atoms with Gasteiger partial charge in [0.15, 0.2) is 11.5 Å². The number of para-hydroxylation sites is 1. The first-order valence-corrected chi connectivity index (χ1v) is 9.11. The van der Waals surface area contributed by atoms with E-state index in [4.69, 9.17) is 14.2 Å². The fourth-order valence-corrected chi connectivity index (χ4v) is 3.39. The molecule has 4 rings (SSSR count). The zero-order chi connectivity index (χ0) is 18.6. The van der Waals surface area contributed by atoms with Gasteiger partial charge in [0.2, 0.25) is 6.79 Å². The van der Waals surface area contributed by atoms with E-state index in [1.807, 2.05) is 11.0 Å². The van der Waals surface area contributed by atoms with Crippen molar-refractivity contribution in [1.29, 1.82) is 0 Å². The highest BCUT2D eigenvalue weighted by Gasteiger charge is 2.21. The van der Waals surface area contributed by atoms with Gasteiger partial charge in [-0.15, -0.1) is 0 Å². The van der Waals surface area contributed by atoms with Gasteiger partial charge in [-0.05, 0) is 24.3 Å². The standard InChI is InChI=1S/C20H23FN2O4/c21-17-3-1-2-4-18(17)23-9-7-22(8-10-23)12-15(24)13-25-16-5-6-19-20(11-16)27-14-26-19/h1-6,11,15,24H,7-10,12-14H2. The van der Waals surface area contributed by atoms with E-state index in [-0.39, 0.29) is 19.2 Å². The number of fused-ring (bicyclic) bond motifs is 1. The molecule has 2 aromatic rings. The van der Waals surface area contributed by atoms with Crippen LogP contribution in [0, 0.1) is 5.82 Å². The monoisotopic (exact) mass is 374 g/mol. The van der Waals surface area contributed by atoms with Gasteiger partial charge in [0.1, 0.15) is 24.3 Å². The number of benzene rings is 2. The number of piperazine rings is 1. The van der Waals surface area contributed by atoms with Crippen molar-refractivity contribution in [1.82, 2.24) is 4.90 Å². The van der Waals surface area contributed by atoms with E-state index in [0.717, 1.165) is 26.2 Å². The predicted octanol–water partition coefficient (Wildman–Crippen LogP) is 2.12. The van der Waals surface area contributed by atoms with Gasteiger partial charge in [0.05, 0.1) is 5.69 Å². The lowest BCUT2D eigenvalue weighted by molar-refractivity contribution is 0.0662. The molecule has 2 aliphatic rings. The first kappa shape index (κ1) is 17.9. The van der Waals surface area contributed by atoms with Crippen LogP contribution in [0.5, 0.6) is 17.2 Å². The van der Waals surface area contributed by atoms with Gasteiger partial charge in [-0.25, -0.2) is 4.39 Å². The third-order valence-electron chi connectivity index (χ3n) is 4.82. The van der Waals surface area contributed by atoms with Crippen molar-refractivity contribution in [2.45, 2.75) is 6.10 Å². The van der Waals surface area contributed by atoms with Gasteiger partial charge in [-0.1, -0.05) is 12.1 Å². The molecule has 6 nitrogen and oxygen atoms in total. The molecule has 0 bridgehead atoms. The van der Waals surface area contributed by atoms with E-state index >= 15 is 0 Å². The summed E-state index contributed by atoms with van der Waals surface area (Å²) in [7, 11) is 0. The van der Waals surface area contributed by atoms with E-state index in [9.17, 15) is 9.50 Å². The predicted molar refractivity (Wildman–Crippen MR) is 99.1 cm³/mol. The molecule has 0 aliphatic carbocycles. The zero-order valence-electron chi connectivity index (χ0n) is 15.0. The lowest BCUT2D eigenvalue weighted by Crippen LogP contribution is -2.49. The Morgan fingerprint density at radius 1 is 1.04 bits per heavy atom. The highest BCUT2D eigenvalue weighted by atomic mass is 19.1. The number of ether oxygens (including phenoxy) is 3. The molecule has 2 aromatic carbocycles. The average Bonchev–Trinajstić information content (AvgIpc) is 3.15. The molecular weight excluding hydrogens is 351 g/mol. The molecule has 2 heterocycles. The number of halogens is 1. The molecular formula is C20H23FN2O4. The lowest BCUT2D eigenvalue weighted by atomic mass is 10.2. The molecule has 2 aliphatic heterocycles. The molecule has 27 heavy (non-hydrogen) atoms. The topological polar surface area (TPSA) is 54.4 Å². The van der Waals surface area contributed by atoms with Crippen LogP contribution >= 0.6 is 0 Å². The van der Waals surface area contributed by atoms with E-state index in [1.54, 1.807) is 30.3 Å². The second kappa shape index (κ2) is 8.02. The maximum Gasteiger partial charge on any atom is 0.231 e. The van der Waals surface area contributed by atoms with Crippen LogP contribution in [-0.2, 0) is 0 Å². The van der Waals surface area contributed by atoms with Crippen LogP contribution in [0.1, 0.15) is 0 Å². The van der Waals surface area contributed by atoms with Crippen molar-refractivity contribution in [2.24, 2.45) is 0 Å². The minimum atomic E-state index is -0.601. The Kier molecular flexibility index (Phi) is 5.31. The number of anilines is 1. The summed E-state index contributed by atoms with van der Waals surface area (Å²) in [6, 6.07) is 12.2. The summed E-state index contributed by atoms with van der Waals surface area (Å²) in [6.07, 6.45) is -0.601. The molecule has 1 unspecified atom stereocenters.